The van der Waals surface area contributed by atoms with Gasteiger partial charge in [0.15, 0.2) is 21.3 Å². The predicted molar refractivity (Wildman–Crippen MR) is 143 cm³/mol. The van der Waals surface area contributed by atoms with Crippen LogP contribution in [0.2, 0.25) is 0 Å². The highest BCUT2D eigenvalue weighted by atomic mass is 32.2. The second-order valence-corrected chi connectivity index (χ2v) is 12.3. The largest absolute Gasteiger partial charge is 0.507 e. The van der Waals surface area contributed by atoms with E-state index in [1.807, 2.05) is 0 Å². The van der Waals surface area contributed by atoms with Crippen molar-refractivity contribution in [1.82, 2.24) is 14.3 Å². The van der Waals surface area contributed by atoms with E-state index in [2.05, 4.69) is 5.10 Å². The Morgan fingerprint density at radius 2 is 1.82 bits per heavy atom. The molecule has 0 radical (unpaired) electrons. The van der Waals surface area contributed by atoms with Crippen LogP contribution < -0.4 is 5.56 Å². The van der Waals surface area contributed by atoms with Gasteiger partial charge in [0, 0.05) is 29.4 Å². The van der Waals surface area contributed by atoms with Crippen molar-refractivity contribution in [1.29, 1.82) is 0 Å². The molecule has 0 aliphatic carbocycles. The van der Waals surface area contributed by atoms with E-state index >= 15 is 0 Å². The van der Waals surface area contributed by atoms with Crippen molar-refractivity contribution in [2.45, 2.75) is 58.5 Å². The maximum Gasteiger partial charge on any atom is 0.306 e. The zero-order valence-electron chi connectivity index (χ0n) is 22.3. The molecular weight excluding hydrogens is 526 g/mol. The first-order chi connectivity index (χ1) is 18.3. The molecule has 3 aromatic rings. The molecule has 3 N–H and O–H groups in total. The number of aryl methyl sites for hydroxylation is 3. The molecule has 0 unspecified atom stereocenters. The highest BCUT2D eigenvalue weighted by molar-refractivity contribution is 7.91. The van der Waals surface area contributed by atoms with Gasteiger partial charge in [-0.15, -0.1) is 0 Å². The maximum atomic E-state index is 13.9. The molecule has 11 nitrogen and oxygen atoms in total. The number of nitrogens with zero attached hydrogens (tertiary/aromatic N) is 3. The standard InChI is InChI=1S/C27H33N3O8S/c1-15-11-23(33)26(27(35)29(15)9-7-18-5-6-21(31)22(32)12-18)20(13-24(34)38-4)25-16(2)28-30(17(25)3)19-8-10-39(36,37)14-19/h5-6,11-12,19-20,31-33H,7-10,13-14H2,1-4H3/t19-,20+/m0/s1. The maximum absolute atomic E-state index is 13.9. The summed E-state index contributed by atoms with van der Waals surface area (Å²) in [6, 6.07) is 5.54. The van der Waals surface area contributed by atoms with Crippen LogP contribution in [0.5, 0.6) is 17.2 Å². The van der Waals surface area contributed by atoms with Crippen molar-refractivity contribution in [3.05, 3.63) is 68.4 Å². The number of pyridine rings is 1. The van der Waals surface area contributed by atoms with Crippen LogP contribution in [0, 0.1) is 20.8 Å². The smallest absolute Gasteiger partial charge is 0.306 e. The number of esters is 1. The second kappa shape index (κ2) is 10.8. The van der Waals surface area contributed by atoms with Crippen LogP contribution >= 0.6 is 0 Å². The molecule has 2 aromatic heterocycles. The van der Waals surface area contributed by atoms with Crippen LogP contribution in [-0.4, -0.2) is 62.7 Å². The van der Waals surface area contributed by atoms with Crippen molar-refractivity contribution in [2.24, 2.45) is 0 Å². The number of rotatable bonds is 8. The van der Waals surface area contributed by atoms with Crippen LogP contribution in [0.1, 0.15) is 58.6 Å². The third-order valence-corrected chi connectivity index (χ3v) is 9.17. The van der Waals surface area contributed by atoms with Gasteiger partial charge in [-0.1, -0.05) is 6.07 Å². The average Bonchev–Trinajstić information content (AvgIpc) is 3.37. The molecule has 39 heavy (non-hydrogen) atoms. The van der Waals surface area contributed by atoms with Crippen molar-refractivity contribution in [3.63, 3.8) is 0 Å². The molecule has 0 saturated carbocycles. The summed E-state index contributed by atoms with van der Waals surface area (Å²) in [7, 11) is -1.93. The van der Waals surface area contributed by atoms with E-state index in [9.17, 15) is 33.3 Å². The zero-order valence-corrected chi connectivity index (χ0v) is 23.2. The van der Waals surface area contributed by atoms with Gasteiger partial charge in [-0.25, -0.2) is 8.42 Å². The summed E-state index contributed by atoms with van der Waals surface area (Å²) in [5.41, 5.74) is 2.43. The number of phenolic OH excluding ortho intramolecular Hbond substituents is 2. The summed E-state index contributed by atoms with van der Waals surface area (Å²) in [5.74, 6) is -2.21. The van der Waals surface area contributed by atoms with Crippen molar-refractivity contribution in [2.75, 3.05) is 18.6 Å². The fraction of sp³-hybridized carbons (Fsp3) is 0.444. The van der Waals surface area contributed by atoms with Crippen LogP contribution in [0.4, 0.5) is 0 Å². The lowest BCUT2D eigenvalue weighted by atomic mass is 9.87. The molecule has 12 heteroatoms. The Hall–Kier alpha value is -3.80. The molecule has 0 bridgehead atoms. The van der Waals surface area contributed by atoms with E-state index in [-0.39, 0.29) is 53.3 Å². The molecule has 1 saturated heterocycles. The van der Waals surface area contributed by atoms with Gasteiger partial charge >= 0.3 is 5.97 Å². The molecule has 0 amide bonds. The Morgan fingerprint density at radius 3 is 2.44 bits per heavy atom. The fourth-order valence-corrected chi connectivity index (χ4v) is 7.13. The van der Waals surface area contributed by atoms with Gasteiger partial charge < -0.3 is 24.6 Å². The van der Waals surface area contributed by atoms with Gasteiger partial charge in [0.25, 0.3) is 5.56 Å². The molecule has 0 spiro atoms. The lowest BCUT2D eigenvalue weighted by Crippen LogP contribution is -2.29. The van der Waals surface area contributed by atoms with E-state index in [0.717, 1.165) is 0 Å². The highest BCUT2D eigenvalue weighted by Gasteiger charge is 2.35. The predicted octanol–water partition coefficient (Wildman–Crippen LogP) is 2.38. The summed E-state index contributed by atoms with van der Waals surface area (Å²) < 4.78 is 32.3. The molecule has 4 rings (SSSR count). The Balaban J connectivity index is 1.79. The molecular formula is C27H33N3O8S. The number of carbonyl (C=O) groups is 1. The van der Waals surface area contributed by atoms with Crippen molar-refractivity contribution in [3.8, 4) is 17.2 Å². The van der Waals surface area contributed by atoms with E-state index in [1.165, 1.54) is 29.9 Å². The minimum Gasteiger partial charge on any atom is -0.507 e. The number of aromatic nitrogens is 3. The third kappa shape index (κ3) is 5.65. The van der Waals surface area contributed by atoms with E-state index < -0.39 is 27.3 Å². The number of ether oxygens (including phenoxy) is 1. The fourth-order valence-electron chi connectivity index (χ4n) is 5.44. The lowest BCUT2D eigenvalue weighted by Gasteiger charge is -2.21. The molecule has 210 valence electrons. The summed E-state index contributed by atoms with van der Waals surface area (Å²) in [4.78, 5) is 26.4. The van der Waals surface area contributed by atoms with E-state index in [1.54, 1.807) is 31.5 Å². The minimum absolute atomic E-state index is 0.0179. The van der Waals surface area contributed by atoms with Crippen molar-refractivity contribution >= 4 is 15.8 Å². The van der Waals surface area contributed by atoms with Crippen LogP contribution in [0.15, 0.2) is 29.1 Å². The lowest BCUT2D eigenvalue weighted by molar-refractivity contribution is -0.140. The number of hydrogen-bond donors (Lipinski definition) is 3. The van der Waals surface area contributed by atoms with Gasteiger partial charge in [0.2, 0.25) is 0 Å². The van der Waals surface area contributed by atoms with Gasteiger partial charge in [-0.05, 0) is 57.4 Å². The number of sulfone groups is 1. The van der Waals surface area contributed by atoms with Crippen LogP contribution in [0.3, 0.4) is 0 Å². The van der Waals surface area contributed by atoms with E-state index in [0.29, 0.717) is 41.1 Å². The number of phenols is 2. The molecule has 1 fully saturated rings. The van der Waals surface area contributed by atoms with Gasteiger partial charge in [0.1, 0.15) is 5.75 Å². The Morgan fingerprint density at radius 1 is 1.10 bits per heavy atom. The normalized spacial score (nSPS) is 17.3. The number of hydrogen-bond acceptors (Lipinski definition) is 9. The monoisotopic (exact) mass is 559 g/mol. The summed E-state index contributed by atoms with van der Waals surface area (Å²) in [6.07, 6.45) is 0.540. The Kier molecular flexibility index (Phi) is 7.78. The molecule has 1 aliphatic heterocycles. The number of methoxy groups -OCH3 is 1. The molecule has 3 heterocycles. The molecule has 1 aliphatic rings. The number of benzene rings is 1. The second-order valence-electron chi connectivity index (χ2n) is 10.0. The van der Waals surface area contributed by atoms with E-state index in [4.69, 9.17) is 4.74 Å². The topological polar surface area (TPSA) is 161 Å². The van der Waals surface area contributed by atoms with Crippen LogP contribution in [-0.2, 0) is 32.3 Å². The van der Waals surface area contributed by atoms with Crippen molar-refractivity contribution < 1.29 is 33.3 Å². The summed E-state index contributed by atoms with van der Waals surface area (Å²) in [6.45, 7) is 5.40. The minimum atomic E-state index is -3.18. The highest BCUT2D eigenvalue weighted by Crippen LogP contribution is 2.38. The Bertz CT molecular complexity index is 1590. The number of carbonyl (C=O) groups excluding carboxylic acids is 1. The first-order valence-corrected chi connectivity index (χ1v) is 14.4. The zero-order chi connectivity index (χ0) is 28.6. The third-order valence-electron chi connectivity index (χ3n) is 7.42. The number of aromatic hydroxyl groups is 3. The first-order valence-electron chi connectivity index (χ1n) is 12.6. The van der Waals surface area contributed by atoms with Gasteiger partial charge in [-0.2, -0.15) is 5.10 Å². The molecule has 1 aromatic carbocycles. The van der Waals surface area contributed by atoms with Gasteiger partial charge in [-0.3, -0.25) is 14.3 Å². The summed E-state index contributed by atoms with van der Waals surface area (Å²) in [5, 5.41) is 35.0. The van der Waals surface area contributed by atoms with Gasteiger partial charge in [0.05, 0.1) is 42.3 Å². The summed E-state index contributed by atoms with van der Waals surface area (Å²) >= 11 is 0. The molecule has 2 atom stereocenters. The average molecular weight is 560 g/mol. The Labute approximate surface area is 226 Å². The van der Waals surface area contributed by atoms with Crippen LogP contribution in [0.25, 0.3) is 0 Å². The quantitative estimate of drug-likeness (QED) is 0.278. The SMILES string of the molecule is COC(=O)C[C@H](c1c(C)nn([C@H]2CCS(=O)(=O)C2)c1C)c1c(O)cc(C)n(CCc2ccc(O)c(O)c2)c1=O. The first kappa shape index (κ1) is 28.2.